The van der Waals surface area contributed by atoms with Gasteiger partial charge in [-0.15, -0.1) is 0 Å². The third kappa shape index (κ3) is 6.38. The van der Waals surface area contributed by atoms with E-state index in [1.807, 2.05) is 12.1 Å². The van der Waals surface area contributed by atoms with Gasteiger partial charge in [0.05, 0.1) is 13.2 Å². The zero-order valence-corrected chi connectivity index (χ0v) is 12.8. The maximum Gasteiger partial charge on any atom is 0.123 e. The Morgan fingerprint density at radius 1 is 1.17 bits per heavy atom. The average Bonchev–Trinajstić information content (AvgIpc) is 2.36. The van der Waals surface area contributed by atoms with Gasteiger partial charge in [-0.1, -0.05) is 22.0 Å². The molecule has 102 valence electrons. The number of aryl methyl sites for hydroxylation is 1. The van der Waals surface area contributed by atoms with Crippen LogP contribution in [0, 0.1) is 6.92 Å². The topological polar surface area (TPSA) is 30.5 Å². The number of methoxy groups -OCH3 is 1. The molecule has 0 bridgehead atoms. The molecule has 0 aliphatic carbocycles. The second kappa shape index (κ2) is 9.36. The first-order valence-corrected chi connectivity index (χ1v) is 7.12. The lowest BCUT2D eigenvalue weighted by Crippen LogP contribution is -2.20. The fourth-order valence-corrected chi connectivity index (χ4v) is 1.90. The zero-order chi connectivity index (χ0) is 13.2. The van der Waals surface area contributed by atoms with E-state index in [1.165, 1.54) is 5.56 Å². The summed E-state index contributed by atoms with van der Waals surface area (Å²) in [5.74, 6) is 0.969. The Labute approximate surface area is 118 Å². The minimum atomic E-state index is 0.767. The second-order valence-electron chi connectivity index (χ2n) is 4.21. The van der Waals surface area contributed by atoms with Gasteiger partial charge in [0.25, 0.3) is 0 Å². The van der Waals surface area contributed by atoms with Crippen molar-refractivity contribution in [1.29, 1.82) is 0 Å². The number of unbranched alkanes of at least 4 members (excludes halogenated alkanes) is 1. The molecular weight excluding hydrogens is 294 g/mol. The molecule has 0 spiro atoms. The Morgan fingerprint density at radius 2 is 2.00 bits per heavy atom. The van der Waals surface area contributed by atoms with Crippen LogP contribution in [0.4, 0.5) is 0 Å². The van der Waals surface area contributed by atoms with E-state index in [9.17, 15) is 0 Å². The van der Waals surface area contributed by atoms with Crippen LogP contribution in [-0.2, 0) is 4.74 Å². The molecule has 1 N–H and O–H groups in total. The molecule has 4 heteroatoms. The summed E-state index contributed by atoms with van der Waals surface area (Å²) in [6, 6.07) is 6.11. The van der Waals surface area contributed by atoms with E-state index in [2.05, 4.69) is 34.2 Å². The third-order valence-electron chi connectivity index (χ3n) is 2.64. The molecule has 0 unspecified atom stereocenters. The van der Waals surface area contributed by atoms with Gasteiger partial charge in [0, 0.05) is 18.1 Å². The van der Waals surface area contributed by atoms with Crippen molar-refractivity contribution in [3.8, 4) is 5.75 Å². The number of nitrogens with one attached hydrogen (secondary N) is 1. The van der Waals surface area contributed by atoms with E-state index < -0.39 is 0 Å². The van der Waals surface area contributed by atoms with Gasteiger partial charge < -0.3 is 14.8 Å². The lowest BCUT2D eigenvalue weighted by molar-refractivity contribution is 0.199. The molecule has 0 aliphatic heterocycles. The fraction of sp³-hybridized carbons (Fsp3) is 0.571. The van der Waals surface area contributed by atoms with Crippen molar-refractivity contribution in [2.45, 2.75) is 19.8 Å². The molecule has 18 heavy (non-hydrogen) atoms. The Balaban J connectivity index is 2.09. The maximum atomic E-state index is 5.76. The van der Waals surface area contributed by atoms with Crippen molar-refractivity contribution < 1.29 is 9.47 Å². The lowest BCUT2D eigenvalue weighted by atomic mass is 10.2. The summed E-state index contributed by atoms with van der Waals surface area (Å²) >= 11 is 3.45. The molecule has 0 fully saturated rings. The van der Waals surface area contributed by atoms with Crippen LogP contribution >= 0.6 is 15.9 Å². The Morgan fingerprint density at radius 3 is 2.78 bits per heavy atom. The number of rotatable bonds is 9. The van der Waals surface area contributed by atoms with E-state index >= 15 is 0 Å². The van der Waals surface area contributed by atoms with Gasteiger partial charge in [-0.25, -0.2) is 0 Å². The molecule has 1 rings (SSSR count). The van der Waals surface area contributed by atoms with Crippen LogP contribution in [0.25, 0.3) is 0 Å². The quantitative estimate of drug-likeness (QED) is 0.710. The highest BCUT2D eigenvalue weighted by Crippen LogP contribution is 2.22. The first kappa shape index (κ1) is 15.5. The third-order valence-corrected chi connectivity index (χ3v) is 3.13. The van der Waals surface area contributed by atoms with Crippen LogP contribution < -0.4 is 10.1 Å². The van der Waals surface area contributed by atoms with Gasteiger partial charge in [0.2, 0.25) is 0 Å². The molecule has 3 nitrogen and oxygen atoms in total. The van der Waals surface area contributed by atoms with Gasteiger partial charge in [-0.05, 0) is 44.0 Å². The zero-order valence-electron chi connectivity index (χ0n) is 11.2. The predicted octanol–water partition coefficient (Wildman–Crippen LogP) is 3.15. The standard InChI is InChI=1S/C14H22BrNO2/c1-12-5-6-13(15)11-14(12)18-9-4-3-7-16-8-10-17-2/h5-6,11,16H,3-4,7-10H2,1-2H3. The second-order valence-corrected chi connectivity index (χ2v) is 5.12. The van der Waals surface area contributed by atoms with Crippen molar-refractivity contribution >= 4 is 15.9 Å². The van der Waals surface area contributed by atoms with Crippen molar-refractivity contribution in [3.63, 3.8) is 0 Å². The van der Waals surface area contributed by atoms with E-state index in [-0.39, 0.29) is 0 Å². The van der Waals surface area contributed by atoms with Crippen molar-refractivity contribution in [1.82, 2.24) is 5.32 Å². The molecule has 0 amide bonds. The Bertz CT molecular complexity index is 345. The molecule has 0 radical (unpaired) electrons. The molecule has 0 aliphatic rings. The molecule has 0 saturated heterocycles. The average molecular weight is 316 g/mol. The molecule has 0 atom stereocenters. The summed E-state index contributed by atoms with van der Waals surface area (Å²) in [5, 5.41) is 3.32. The van der Waals surface area contributed by atoms with E-state index in [0.717, 1.165) is 49.4 Å². The monoisotopic (exact) mass is 315 g/mol. The van der Waals surface area contributed by atoms with Crippen LogP contribution in [0.1, 0.15) is 18.4 Å². The Kier molecular flexibility index (Phi) is 8.05. The number of ether oxygens (including phenoxy) is 2. The summed E-state index contributed by atoms with van der Waals surface area (Å²) in [4.78, 5) is 0. The first-order chi connectivity index (χ1) is 8.74. The highest BCUT2D eigenvalue weighted by atomic mass is 79.9. The highest BCUT2D eigenvalue weighted by Gasteiger charge is 2.00. The molecule has 0 saturated carbocycles. The van der Waals surface area contributed by atoms with Crippen LogP contribution in [0.15, 0.2) is 22.7 Å². The van der Waals surface area contributed by atoms with Crippen molar-refractivity contribution in [3.05, 3.63) is 28.2 Å². The molecule has 1 aromatic rings. The van der Waals surface area contributed by atoms with Gasteiger partial charge in [0.1, 0.15) is 5.75 Å². The van der Waals surface area contributed by atoms with Crippen molar-refractivity contribution in [2.75, 3.05) is 33.4 Å². The summed E-state index contributed by atoms with van der Waals surface area (Å²) in [7, 11) is 1.72. The molecular formula is C14H22BrNO2. The van der Waals surface area contributed by atoms with Crippen LogP contribution in [0.5, 0.6) is 5.75 Å². The van der Waals surface area contributed by atoms with Gasteiger partial charge in [0.15, 0.2) is 0 Å². The minimum Gasteiger partial charge on any atom is -0.493 e. The van der Waals surface area contributed by atoms with Crippen molar-refractivity contribution in [2.24, 2.45) is 0 Å². The van der Waals surface area contributed by atoms with Gasteiger partial charge in [-0.2, -0.15) is 0 Å². The van der Waals surface area contributed by atoms with E-state index in [1.54, 1.807) is 7.11 Å². The minimum absolute atomic E-state index is 0.767. The first-order valence-electron chi connectivity index (χ1n) is 6.32. The Hall–Kier alpha value is -0.580. The molecule has 1 aromatic carbocycles. The summed E-state index contributed by atoms with van der Waals surface area (Å²) in [6.07, 6.45) is 2.18. The number of hydrogen-bond donors (Lipinski definition) is 1. The smallest absolute Gasteiger partial charge is 0.123 e. The van der Waals surface area contributed by atoms with Crippen LogP contribution in [0.3, 0.4) is 0 Å². The maximum absolute atomic E-state index is 5.76. The molecule has 0 aromatic heterocycles. The van der Waals surface area contributed by atoms with E-state index in [4.69, 9.17) is 9.47 Å². The van der Waals surface area contributed by atoms with Gasteiger partial charge >= 0.3 is 0 Å². The van der Waals surface area contributed by atoms with Crippen LogP contribution in [-0.4, -0.2) is 33.4 Å². The normalized spacial score (nSPS) is 10.6. The van der Waals surface area contributed by atoms with E-state index in [0.29, 0.717) is 0 Å². The largest absolute Gasteiger partial charge is 0.493 e. The fourth-order valence-electron chi connectivity index (χ4n) is 1.56. The van der Waals surface area contributed by atoms with Gasteiger partial charge in [-0.3, -0.25) is 0 Å². The summed E-state index contributed by atoms with van der Waals surface area (Å²) < 4.78 is 11.8. The summed E-state index contributed by atoms with van der Waals surface area (Å²) in [6.45, 7) is 5.54. The molecule has 0 heterocycles. The lowest BCUT2D eigenvalue weighted by Gasteiger charge is -2.09. The van der Waals surface area contributed by atoms with Crippen LogP contribution in [0.2, 0.25) is 0 Å². The predicted molar refractivity (Wildman–Crippen MR) is 78.4 cm³/mol. The SMILES string of the molecule is COCCNCCCCOc1cc(Br)ccc1C. The highest BCUT2D eigenvalue weighted by molar-refractivity contribution is 9.10. The summed E-state index contributed by atoms with van der Waals surface area (Å²) in [5.41, 5.74) is 1.18. The number of hydrogen-bond acceptors (Lipinski definition) is 3. The number of benzene rings is 1. The number of halogens is 1.